The molecule has 1 fully saturated rings. The second kappa shape index (κ2) is 6.53. The predicted molar refractivity (Wildman–Crippen MR) is 66.9 cm³/mol. The molecule has 1 unspecified atom stereocenters. The summed E-state index contributed by atoms with van der Waals surface area (Å²) in [5.41, 5.74) is 0. The zero-order valence-electron chi connectivity index (χ0n) is 10.4. The Labute approximate surface area is 109 Å². The van der Waals surface area contributed by atoms with Gasteiger partial charge in [-0.2, -0.15) is 0 Å². The number of imide groups is 1. The second-order valence-electron chi connectivity index (χ2n) is 3.89. The molecule has 18 heavy (non-hydrogen) atoms. The Morgan fingerprint density at radius 3 is 2.67 bits per heavy atom. The molecule has 1 aliphatic heterocycles. The van der Waals surface area contributed by atoms with Crippen molar-refractivity contribution >= 4 is 35.3 Å². The minimum atomic E-state index is -0.542. The van der Waals surface area contributed by atoms with Gasteiger partial charge in [-0.3, -0.25) is 24.1 Å². The summed E-state index contributed by atoms with van der Waals surface area (Å²) in [5, 5.41) is 1.90. The highest BCUT2D eigenvalue weighted by Gasteiger charge is 2.39. The normalized spacial score (nSPS) is 19.2. The largest absolute Gasteiger partial charge is 0.358 e. The van der Waals surface area contributed by atoms with Gasteiger partial charge in [0.05, 0.1) is 17.5 Å². The van der Waals surface area contributed by atoms with Crippen LogP contribution >= 0.6 is 11.8 Å². The molecule has 0 saturated carbocycles. The minimum Gasteiger partial charge on any atom is -0.358 e. The van der Waals surface area contributed by atoms with E-state index >= 15 is 0 Å². The van der Waals surface area contributed by atoms with Crippen molar-refractivity contribution in [3.8, 4) is 0 Å². The fourth-order valence-electron chi connectivity index (χ4n) is 1.49. The number of carbonyl (C=O) groups is 4. The molecule has 1 atom stereocenters. The van der Waals surface area contributed by atoms with Crippen LogP contribution in [0.15, 0.2) is 0 Å². The lowest BCUT2D eigenvalue weighted by molar-refractivity contribution is -0.141. The molecule has 0 aromatic heterocycles. The monoisotopic (exact) mass is 272 g/mol. The molecular formula is C11H16N2O4S. The maximum Gasteiger partial charge on any atom is 0.243 e. The molecule has 1 N–H and O–H groups in total. The number of nitrogens with one attached hydrogen (secondary N) is 1. The van der Waals surface area contributed by atoms with E-state index in [2.05, 4.69) is 5.32 Å². The zero-order valence-corrected chi connectivity index (χ0v) is 11.2. The van der Waals surface area contributed by atoms with E-state index in [4.69, 9.17) is 0 Å². The van der Waals surface area contributed by atoms with Crippen molar-refractivity contribution in [1.29, 1.82) is 0 Å². The lowest BCUT2D eigenvalue weighted by Gasteiger charge is -2.13. The number of hydrogen-bond acceptors (Lipinski definition) is 5. The lowest BCUT2D eigenvalue weighted by atomic mass is 10.3. The van der Waals surface area contributed by atoms with Gasteiger partial charge >= 0.3 is 0 Å². The van der Waals surface area contributed by atoms with E-state index in [9.17, 15) is 19.2 Å². The minimum absolute atomic E-state index is 0.0670. The first-order valence-electron chi connectivity index (χ1n) is 5.67. The lowest BCUT2D eigenvalue weighted by Crippen LogP contribution is -2.36. The number of amides is 3. The van der Waals surface area contributed by atoms with Gasteiger partial charge in [-0.25, -0.2) is 0 Å². The molecule has 0 aromatic carbocycles. The van der Waals surface area contributed by atoms with Crippen LogP contribution in [0, 0.1) is 0 Å². The van der Waals surface area contributed by atoms with Crippen LogP contribution in [0.1, 0.15) is 19.8 Å². The van der Waals surface area contributed by atoms with E-state index in [-0.39, 0.29) is 42.2 Å². The SMILES string of the molecule is CCC(=O)CN1C(=O)CC(SCC(=O)NC)C1=O. The molecule has 0 aromatic rings. The van der Waals surface area contributed by atoms with Gasteiger partial charge in [0.1, 0.15) is 0 Å². The average molecular weight is 272 g/mol. The quantitative estimate of drug-likeness (QED) is 0.663. The van der Waals surface area contributed by atoms with E-state index in [1.165, 1.54) is 7.05 Å². The topological polar surface area (TPSA) is 83.6 Å². The first-order valence-corrected chi connectivity index (χ1v) is 6.72. The second-order valence-corrected chi connectivity index (χ2v) is 5.08. The highest BCUT2D eigenvalue weighted by Crippen LogP contribution is 2.24. The Bertz CT molecular complexity index is 383. The van der Waals surface area contributed by atoms with Crippen molar-refractivity contribution in [3.05, 3.63) is 0 Å². The van der Waals surface area contributed by atoms with Crippen LogP contribution in [0.4, 0.5) is 0 Å². The molecule has 1 aliphatic rings. The van der Waals surface area contributed by atoms with Crippen LogP contribution in [0.2, 0.25) is 0 Å². The number of rotatable bonds is 6. The summed E-state index contributed by atoms with van der Waals surface area (Å²) in [4.78, 5) is 46.8. The number of likely N-dealkylation sites (tertiary alicyclic amines) is 1. The molecule has 1 heterocycles. The van der Waals surface area contributed by atoms with Crippen LogP contribution in [0.5, 0.6) is 0 Å². The molecule has 6 nitrogen and oxygen atoms in total. The Hall–Kier alpha value is -1.37. The van der Waals surface area contributed by atoms with Gasteiger partial charge in [0.2, 0.25) is 17.7 Å². The third-order valence-corrected chi connectivity index (χ3v) is 3.83. The molecular weight excluding hydrogens is 256 g/mol. The standard InChI is InChI=1S/C11H16N2O4S/c1-3-7(14)5-13-10(16)4-8(11(13)17)18-6-9(15)12-2/h8H,3-6H2,1-2H3,(H,12,15). The summed E-state index contributed by atoms with van der Waals surface area (Å²) in [5.74, 6) is -0.903. The number of nitrogens with zero attached hydrogens (tertiary/aromatic N) is 1. The molecule has 100 valence electrons. The molecule has 7 heteroatoms. The Kier molecular flexibility index (Phi) is 5.33. The van der Waals surface area contributed by atoms with Gasteiger partial charge < -0.3 is 5.32 Å². The highest BCUT2D eigenvalue weighted by molar-refractivity contribution is 8.01. The van der Waals surface area contributed by atoms with E-state index < -0.39 is 5.25 Å². The molecule has 1 saturated heterocycles. The van der Waals surface area contributed by atoms with Crippen molar-refractivity contribution in [2.75, 3.05) is 19.3 Å². The van der Waals surface area contributed by atoms with Gasteiger partial charge in [0.25, 0.3) is 0 Å². The first kappa shape index (κ1) is 14.7. The van der Waals surface area contributed by atoms with Crippen LogP contribution in [0.25, 0.3) is 0 Å². The van der Waals surface area contributed by atoms with Crippen molar-refractivity contribution in [1.82, 2.24) is 10.2 Å². The Balaban J connectivity index is 2.55. The third kappa shape index (κ3) is 3.56. The first-order chi connectivity index (χ1) is 8.49. The van der Waals surface area contributed by atoms with Crippen molar-refractivity contribution in [3.63, 3.8) is 0 Å². The zero-order chi connectivity index (χ0) is 13.7. The number of Topliss-reactive ketones (excluding diaryl/α,β-unsaturated/α-hetero) is 1. The molecule has 0 radical (unpaired) electrons. The van der Waals surface area contributed by atoms with E-state index in [0.29, 0.717) is 6.42 Å². The van der Waals surface area contributed by atoms with Crippen molar-refractivity contribution in [2.24, 2.45) is 0 Å². The fraction of sp³-hybridized carbons (Fsp3) is 0.636. The predicted octanol–water partition coefficient (Wildman–Crippen LogP) is -0.428. The van der Waals surface area contributed by atoms with Crippen LogP contribution in [-0.4, -0.2) is 53.0 Å². The number of thioether (sulfide) groups is 1. The van der Waals surface area contributed by atoms with E-state index in [1.807, 2.05) is 0 Å². The smallest absolute Gasteiger partial charge is 0.243 e. The molecule has 0 bridgehead atoms. The molecule has 0 aliphatic carbocycles. The summed E-state index contributed by atoms with van der Waals surface area (Å²) in [7, 11) is 1.51. The van der Waals surface area contributed by atoms with E-state index in [1.54, 1.807) is 6.92 Å². The van der Waals surface area contributed by atoms with Crippen LogP contribution in [0.3, 0.4) is 0 Å². The number of ketones is 1. The Morgan fingerprint density at radius 2 is 2.11 bits per heavy atom. The third-order valence-electron chi connectivity index (χ3n) is 2.63. The average Bonchev–Trinajstić information content (AvgIpc) is 2.63. The van der Waals surface area contributed by atoms with Gasteiger partial charge in [-0.05, 0) is 0 Å². The highest BCUT2D eigenvalue weighted by atomic mass is 32.2. The maximum atomic E-state index is 11.9. The Morgan fingerprint density at radius 1 is 1.44 bits per heavy atom. The van der Waals surface area contributed by atoms with Crippen molar-refractivity contribution in [2.45, 2.75) is 25.0 Å². The summed E-state index contributed by atoms with van der Waals surface area (Å²) < 4.78 is 0. The summed E-state index contributed by atoms with van der Waals surface area (Å²) in [6.07, 6.45) is 0.366. The van der Waals surface area contributed by atoms with E-state index in [0.717, 1.165) is 16.7 Å². The fourth-order valence-corrected chi connectivity index (χ4v) is 2.51. The molecule has 3 amide bonds. The van der Waals surface area contributed by atoms with Gasteiger partial charge in [-0.1, -0.05) is 6.92 Å². The number of hydrogen-bond donors (Lipinski definition) is 1. The van der Waals surface area contributed by atoms with Gasteiger partial charge in [-0.15, -0.1) is 11.8 Å². The van der Waals surface area contributed by atoms with Crippen molar-refractivity contribution < 1.29 is 19.2 Å². The molecule has 0 spiro atoms. The maximum absolute atomic E-state index is 11.9. The van der Waals surface area contributed by atoms with Gasteiger partial charge in [0.15, 0.2) is 5.78 Å². The molecule has 1 rings (SSSR count). The van der Waals surface area contributed by atoms with Gasteiger partial charge in [0, 0.05) is 19.9 Å². The summed E-state index contributed by atoms with van der Waals surface area (Å²) in [6.45, 7) is 1.54. The number of carbonyl (C=O) groups excluding carboxylic acids is 4. The van der Waals surface area contributed by atoms with Crippen LogP contribution in [-0.2, 0) is 19.2 Å². The summed E-state index contributed by atoms with van der Waals surface area (Å²) in [6, 6.07) is 0. The summed E-state index contributed by atoms with van der Waals surface area (Å²) >= 11 is 1.13. The van der Waals surface area contributed by atoms with Crippen LogP contribution < -0.4 is 5.32 Å².